The molecule has 0 radical (unpaired) electrons. The summed E-state index contributed by atoms with van der Waals surface area (Å²) in [5.74, 6) is -0.597. The van der Waals surface area contributed by atoms with E-state index < -0.39 is 5.97 Å². The minimum Gasteiger partial charge on any atom is -0.461 e. The first-order valence-corrected chi connectivity index (χ1v) is 6.67. The Hall–Kier alpha value is -1.78. The fraction of sp³-hybridized carbons (Fsp3) is 0.143. The van der Waals surface area contributed by atoms with Gasteiger partial charge in [-0.05, 0) is 25.1 Å². The highest BCUT2D eigenvalue weighted by atomic mass is 35.5. The quantitative estimate of drug-likeness (QED) is 0.875. The molecule has 1 heterocycles. The maximum absolute atomic E-state index is 11.8. The van der Waals surface area contributed by atoms with Gasteiger partial charge in [-0.3, -0.25) is 0 Å². The van der Waals surface area contributed by atoms with Crippen LogP contribution in [0.5, 0.6) is 0 Å². The number of anilines is 1. The van der Waals surface area contributed by atoms with Gasteiger partial charge in [0, 0.05) is 10.6 Å². The van der Waals surface area contributed by atoms with Crippen LogP contribution < -0.4 is 5.73 Å². The van der Waals surface area contributed by atoms with Crippen LogP contribution >= 0.6 is 23.2 Å². The Morgan fingerprint density at radius 1 is 1.30 bits per heavy atom. The van der Waals surface area contributed by atoms with Crippen LogP contribution in [0.15, 0.2) is 30.3 Å². The van der Waals surface area contributed by atoms with Crippen LogP contribution in [-0.4, -0.2) is 17.6 Å². The van der Waals surface area contributed by atoms with Crippen LogP contribution in [0.4, 0.5) is 5.69 Å². The molecule has 0 unspecified atom stereocenters. The lowest BCUT2D eigenvalue weighted by Crippen LogP contribution is -2.10. The van der Waals surface area contributed by atoms with Gasteiger partial charge in [0.2, 0.25) is 0 Å². The average Bonchev–Trinajstić information content (AvgIpc) is 2.43. The predicted molar refractivity (Wildman–Crippen MR) is 80.1 cm³/mol. The molecule has 0 spiro atoms. The van der Waals surface area contributed by atoms with Crippen molar-refractivity contribution in [3.8, 4) is 11.3 Å². The molecular weight excluding hydrogens is 299 g/mol. The number of carbonyl (C=O) groups excluding carboxylic acids is 1. The molecule has 0 aliphatic carbocycles. The summed E-state index contributed by atoms with van der Waals surface area (Å²) in [6, 6.07) is 8.63. The van der Waals surface area contributed by atoms with E-state index in [1.807, 2.05) is 0 Å². The Bertz CT molecular complexity index is 642. The Balaban J connectivity index is 2.50. The third-order valence-corrected chi connectivity index (χ3v) is 3.24. The van der Waals surface area contributed by atoms with Gasteiger partial charge in [-0.25, -0.2) is 9.78 Å². The van der Waals surface area contributed by atoms with E-state index in [1.165, 1.54) is 0 Å². The lowest BCUT2D eigenvalue weighted by atomic mass is 10.1. The number of rotatable bonds is 3. The highest BCUT2D eigenvalue weighted by Crippen LogP contribution is 2.29. The number of benzene rings is 1. The van der Waals surface area contributed by atoms with Gasteiger partial charge < -0.3 is 10.5 Å². The number of hydrogen-bond acceptors (Lipinski definition) is 4. The molecular formula is C14H12Cl2N2O2. The largest absolute Gasteiger partial charge is 0.461 e. The normalized spacial score (nSPS) is 10.3. The first kappa shape index (κ1) is 14.6. The van der Waals surface area contributed by atoms with Gasteiger partial charge in [0.25, 0.3) is 0 Å². The molecule has 0 atom stereocenters. The van der Waals surface area contributed by atoms with Crippen LogP contribution in [0.2, 0.25) is 10.0 Å². The van der Waals surface area contributed by atoms with Crippen LogP contribution in [0, 0.1) is 0 Å². The zero-order chi connectivity index (χ0) is 14.7. The molecule has 6 heteroatoms. The predicted octanol–water partition coefficient (Wildman–Crippen LogP) is 3.81. The minimum atomic E-state index is -0.597. The summed E-state index contributed by atoms with van der Waals surface area (Å²) in [5, 5.41) is 0.711. The molecule has 1 aromatic heterocycles. The van der Waals surface area contributed by atoms with Crippen LogP contribution in [0.3, 0.4) is 0 Å². The van der Waals surface area contributed by atoms with Crippen LogP contribution in [-0.2, 0) is 4.74 Å². The summed E-state index contributed by atoms with van der Waals surface area (Å²) in [4.78, 5) is 16.0. The molecule has 104 valence electrons. The second-order valence-electron chi connectivity index (χ2n) is 3.99. The zero-order valence-electron chi connectivity index (χ0n) is 10.7. The minimum absolute atomic E-state index is 0.0125. The summed E-state index contributed by atoms with van der Waals surface area (Å²) in [6.45, 7) is 1.94. The van der Waals surface area contributed by atoms with Crippen molar-refractivity contribution in [2.45, 2.75) is 6.92 Å². The van der Waals surface area contributed by atoms with Crippen molar-refractivity contribution in [2.75, 3.05) is 12.3 Å². The smallest absolute Gasteiger partial charge is 0.358 e. The summed E-state index contributed by atoms with van der Waals surface area (Å²) in [5.41, 5.74) is 7.42. The molecule has 2 aromatic rings. The lowest BCUT2D eigenvalue weighted by molar-refractivity contribution is 0.0520. The fourth-order valence-corrected chi connectivity index (χ4v) is 1.95. The Labute approximate surface area is 126 Å². The molecule has 1 aromatic carbocycles. The number of esters is 1. The number of pyridine rings is 1. The van der Waals surface area contributed by atoms with Gasteiger partial charge in [-0.15, -0.1) is 0 Å². The summed E-state index contributed by atoms with van der Waals surface area (Å²) in [7, 11) is 0. The average molecular weight is 311 g/mol. The molecule has 0 amide bonds. The molecule has 0 saturated heterocycles. The van der Waals surface area contributed by atoms with Crippen molar-refractivity contribution in [2.24, 2.45) is 0 Å². The molecule has 20 heavy (non-hydrogen) atoms. The molecule has 0 aliphatic heterocycles. The van der Waals surface area contributed by atoms with Crippen molar-refractivity contribution < 1.29 is 9.53 Å². The van der Waals surface area contributed by atoms with Crippen molar-refractivity contribution >= 4 is 34.9 Å². The first-order valence-electron chi connectivity index (χ1n) is 5.92. The number of carbonyl (C=O) groups is 1. The van der Waals surface area contributed by atoms with Gasteiger partial charge in [0.05, 0.1) is 23.0 Å². The summed E-state index contributed by atoms with van der Waals surface area (Å²) in [6.07, 6.45) is 0. The van der Waals surface area contributed by atoms with Crippen molar-refractivity contribution in [1.82, 2.24) is 4.98 Å². The fourth-order valence-electron chi connectivity index (χ4n) is 1.65. The van der Waals surface area contributed by atoms with Crippen molar-refractivity contribution in [3.05, 3.63) is 46.1 Å². The monoisotopic (exact) mass is 310 g/mol. The van der Waals surface area contributed by atoms with Gasteiger partial charge in [0.15, 0.2) is 5.69 Å². The van der Waals surface area contributed by atoms with E-state index in [2.05, 4.69) is 4.98 Å². The number of nitrogen functional groups attached to an aromatic ring is 1. The molecule has 2 rings (SSSR count). The second kappa shape index (κ2) is 6.11. The van der Waals surface area contributed by atoms with E-state index >= 15 is 0 Å². The van der Waals surface area contributed by atoms with E-state index in [0.717, 1.165) is 5.56 Å². The van der Waals surface area contributed by atoms with E-state index in [1.54, 1.807) is 37.3 Å². The van der Waals surface area contributed by atoms with Gasteiger partial charge in [-0.2, -0.15) is 0 Å². The lowest BCUT2D eigenvalue weighted by Gasteiger charge is -2.09. The maximum Gasteiger partial charge on any atom is 0.358 e. The van der Waals surface area contributed by atoms with Crippen molar-refractivity contribution in [1.29, 1.82) is 0 Å². The SMILES string of the molecule is CCOC(=O)c1nc(-c2ccc(Cl)cc2)cc(N)c1Cl. The number of hydrogen-bond donors (Lipinski definition) is 1. The topological polar surface area (TPSA) is 65.2 Å². The summed E-state index contributed by atoms with van der Waals surface area (Å²) < 4.78 is 4.91. The third-order valence-electron chi connectivity index (χ3n) is 2.59. The number of ether oxygens (including phenoxy) is 1. The Morgan fingerprint density at radius 3 is 2.55 bits per heavy atom. The standard InChI is InChI=1S/C14H12Cl2N2O2/c1-2-20-14(19)13-12(16)10(17)7-11(18-13)8-3-5-9(15)6-4-8/h3-7H,2H2,1H3,(H2,17,18). The Kier molecular flexibility index (Phi) is 4.47. The zero-order valence-corrected chi connectivity index (χ0v) is 12.2. The number of halogens is 2. The van der Waals surface area contributed by atoms with Crippen molar-refractivity contribution in [3.63, 3.8) is 0 Å². The first-order chi connectivity index (χ1) is 9.52. The van der Waals surface area contributed by atoms with Gasteiger partial charge in [-0.1, -0.05) is 35.3 Å². The molecule has 0 aliphatic rings. The third kappa shape index (κ3) is 3.03. The molecule has 0 saturated carbocycles. The van der Waals surface area contributed by atoms with E-state index in [9.17, 15) is 4.79 Å². The molecule has 0 bridgehead atoms. The van der Waals surface area contributed by atoms with Crippen LogP contribution in [0.25, 0.3) is 11.3 Å². The van der Waals surface area contributed by atoms with E-state index in [4.69, 9.17) is 33.7 Å². The maximum atomic E-state index is 11.8. The number of nitrogens with two attached hydrogens (primary N) is 1. The Morgan fingerprint density at radius 2 is 1.95 bits per heavy atom. The molecule has 0 fully saturated rings. The number of nitrogens with zero attached hydrogens (tertiary/aromatic N) is 1. The number of aromatic nitrogens is 1. The second-order valence-corrected chi connectivity index (χ2v) is 4.80. The van der Waals surface area contributed by atoms with E-state index in [0.29, 0.717) is 10.7 Å². The summed E-state index contributed by atoms with van der Waals surface area (Å²) >= 11 is 11.8. The highest BCUT2D eigenvalue weighted by Gasteiger charge is 2.18. The van der Waals surface area contributed by atoms with Crippen LogP contribution in [0.1, 0.15) is 17.4 Å². The molecule has 4 nitrogen and oxygen atoms in total. The van der Waals surface area contributed by atoms with Gasteiger partial charge >= 0.3 is 5.97 Å². The van der Waals surface area contributed by atoms with Gasteiger partial charge in [0.1, 0.15) is 0 Å². The van der Waals surface area contributed by atoms with E-state index in [-0.39, 0.29) is 23.0 Å². The molecule has 2 N–H and O–H groups in total. The highest BCUT2D eigenvalue weighted by molar-refractivity contribution is 6.35.